The molecule has 1 aliphatic rings. The van der Waals surface area contributed by atoms with Crippen molar-refractivity contribution in [2.24, 2.45) is 5.92 Å². The lowest BCUT2D eigenvalue weighted by atomic mass is 9.86. The minimum Gasteiger partial charge on any atom is -0.495 e. The van der Waals surface area contributed by atoms with Crippen molar-refractivity contribution in [2.45, 2.75) is 31.8 Å². The number of methoxy groups -OCH3 is 1. The van der Waals surface area contributed by atoms with Crippen molar-refractivity contribution < 1.29 is 14.6 Å². The lowest BCUT2D eigenvalue weighted by Crippen LogP contribution is -2.35. The Morgan fingerprint density at radius 3 is 2.53 bits per heavy atom. The lowest BCUT2D eigenvalue weighted by molar-refractivity contribution is -0.123. The number of aliphatic hydroxyl groups is 1. The van der Waals surface area contributed by atoms with Crippen LogP contribution in [0, 0.1) is 5.92 Å². The number of anilines is 1. The number of nitrogens with zero attached hydrogens (tertiary/aromatic N) is 1. The maximum atomic E-state index is 12.5. The van der Waals surface area contributed by atoms with E-state index in [2.05, 4.69) is 0 Å². The second kappa shape index (κ2) is 6.06. The first-order valence-electron chi connectivity index (χ1n) is 6.72. The van der Waals surface area contributed by atoms with E-state index in [0.29, 0.717) is 5.75 Å². The molecular weight excluding hydrogens is 242 g/mol. The third-order valence-electron chi connectivity index (χ3n) is 3.82. The van der Waals surface area contributed by atoms with Gasteiger partial charge in [0.25, 0.3) is 0 Å². The fraction of sp³-hybridized carbons (Fsp3) is 0.533. The molecule has 1 saturated carbocycles. The van der Waals surface area contributed by atoms with Crippen molar-refractivity contribution in [1.29, 1.82) is 0 Å². The molecular formula is C15H21NO3. The van der Waals surface area contributed by atoms with Crippen LogP contribution in [-0.2, 0) is 4.79 Å². The van der Waals surface area contributed by atoms with E-state index in [9.17, 15) is 9.90 Å². The standard InChI is InChI=1S/C15H21NO3/c1-16(13-5-3-4-6-14(13)19-2)15(18)11-7-9-12(17)10-8-11/h3-6,11-12,17H,7-10H2,1-2H3. The van der Waals surface area contributed by atoms with Crippen LogP contribution in [0.1, 0.15) is 25.7 Å². The first-order chi connectivity index (χ1) is 9.13. The molecule has 0 aliphatic heterocycles. The fourth-order valence-corrected chi connectivity index (χ4v) is 2.62. The summed E-state index contributed by atoms with van der Waals surface area (Å²) in [4.78, 5) is 14.1. The molecule has 0 aromatic heterocycles. The normalized spacial score (nSPS) is 22.9. The van der Waals surface area contributed by atoms with Gasteiger partial charge in [-0.2, -0.15) is 0 Å². The number of amides is 1. The van der Waals surface area contributed by atoms with Crippen molar-refractivity contribution in [2.75, 3.05) is 19.1 Å². The van der Waals surface area contributed by atoms with Crippen LogP contribution in [0.4, 0.5) is 5.69 Å². The summed E-state index contributed by atoms with van der Waals surface area (Å²) >= 11 is 0. The third kappa shape index (κ3) is 3.07. The summed E-state index contributed by atoms with van der Waals surface area (Å²) in [6, 6.07) is 7.52. The smallest absolute Gasteiger partial charge is 0.229 e. The zero-order valence-electron chi connectivity index (χ0n) is 11.5. The number of hydrogen-bond donors (Lipinski definition) is 1. The molecule has 0 unspecified atom stereocenters. The van der Waals surface area contributed by atoms with Gasteiger partial charge in [0.2, 0.25) is 5.91 Å². The molecule has 0 bridgehead atoms. The van der Waals surface area contributed by atoms with Crippen molar-refractivity contribution >= 4 is 11.6 Å². The molecule has 1 N–H and O–H groups in total. The summed E-state index contributed by atoms with van der Waals surface area (Å²) in [6.07, 6.45) is 2.73. The first-order valence-corrected chi connectivity index (χ1v) is 6.72. The highest BCUT2D eigenvalue weighted by Crippen LogP contribution is 2.31. The Labute approximate surface area is 114 Å². The minimum absolute atomic E-state index is 0.0123. The molecule has 0 spiro atoms. The minimum atomic E-state index is -0.236. The van der Waals surface area contributed by atoms with Gasteiger partial charge >= 0.3 is 0 Å². The summed E-state index contributed by atoms with van der Waals surface area (Å²) in [5, 5.41) is 9.50. The zero-order chi connectivity index (χ0) is 13.8. The van der Waals surface area contributed by atoms with Crippen LogP contribution < -0.4 is 9.64 Å². The van der Waals surface area contributed by atoms with E-state index < -0.39 is 0 Å². The number of carbonyl (C=O) groups is 1. The molecule has 1 aliphatic carbocycles. The van der Waals surface area contributed by atoms with Gasteiger partial charge < -0.3 is 14.7 Å². The lowest BCUT2D eigenvalue weighted by Gasteiger charge is -2.29. The quantitative estimate of drug-likeness (QED) is 0.909. The Morgan fingerprint density at radius 1 is 1.26 bits per heavy atom. The molecule has 2 rings (SSSR count). The predicted molar refractivity (Wildman–Crippen MR) is 74.4 cm³/mol. The number of rotatable bonds is 3. The van der Waals surface area contributed by atoms with Crippen LogP contribution in [0.25, 0.3) is 0 Å². The van der Waals surface area contributed by atoms with Gasteiger partial charge in [0.15, 0.2) is 0 Å². The second-order valence-corrected chi connectivity index (χ2v) is 5.07. The van der Waals surface area contributed by atoms with E-state index in [1.165, 1.54) is 0 Å². The molecule has 1 fully saturated rings. The summed E-state index contributed by atoms with van der Waals surface area (Å²) in [5.41, 5.74) is 0.793. The molecule has 4 heteroatoms. The molecule has 0 atom stereocenters. The van der Waals surface area contributed by atoms with E-state index >= 15 is 0 Å². The monoisotopic (exact) mass is 263 g/mol. The molecule has 1 aromatic carbocycles. The SMILES string of the molecule is COc1ccccc1N(C)C(=O)C1CCC(O)CC1. The maximum Gasteiger partial charge on any atom is 0.229 e. The van der Waals surface area contributed by atoms with Crippen LogP contribution in [0.15, 0.2) is 24.3 Å². The zero-order valence-corrected chi connectivity index (χ0v) is 11.5. The topological polar surface area (TPSA) is 49.8 Å². The molecule has 1 amide bonds. The van der Waals surface area contributed by atoms with Crippen LogP contribution >= 0.6 is 0 Å². The number of hydrogen-bond acceptors (Lipinski definition) is 3. The highest BCUT2D eigenvalue weighted by Gasteiger charge is 2.28. The number of para-hydroxylation sites is 2. The van der Waals surface area contributed by atoms with Gasteiger partial charge in [0.05, 0.1) is 18.9 Å². The average Bonchev–Trinajstić information content (AvgIpc) is 2.46. The van der Waals surface area contributed by atoms with Gasteiger partial charge in [-0.3, -0.25) is 4.79 Å². The average molecular weight is 263 g/mol. The Balaban J connectivity index is 2.10. The van der Waals surface area contributed by atoms with Crippen LogP contribution in [0.3, 0.4) is 0 Å². The maximum absolute atomic E-state index is 12.5. The van der Waals surface area contributed by atoms with Crippen LogP contribution in [0.5, 0.6) is 5.75 Å². The summed E-state index contributed by atoms with van der Waals surface area (Å²) in [7, 11) is 3.39. The molecule has 1 aromatic rings. The molecule has 4 nitrogen and oxygen atoms in total. The van der Waals surface area contributed by atoms with Gasteiger partial charge in [-0.05, 0) is 37.8 Å². The molecule has 0 saturated heterocycles. The predicted octanol–water partition coefficient (Wildman–Crippen LogP) is 2.21. The van der Waals surface area contributed by atoms with E-state index in [4.69, 9.17) is 4.74 Å². The van der Waals surface area contributed by atoms with Gasteiger partial charge in [-0.15, -0.1) is 0 Å². The number of benzene rings is 1. The first kappa shape index (κ1) is 13.9. The molecule has 104 valence electrons. The highest BCUT2D eigenvalue weighted by molar-refractivity contribution is 5.95. The molecule has 0 radical (unpaired) electrons. The summed E-state index contributed by atoms with van der Waals surface area (Å²) in [6.45, 7) is 0. The van der Waals surface area contributed by atoms with Gasteiger partial charge in [0, 0.05) is 13.0 Å². The van der Waals surface area contributed by atoms with E-state index in [-0.39, 0.29) is 17.9 Å². The molecule has 0 heterocycles. The van der Waals surface area contributed by atoms with Crippen LogP contribution in [-0.4, -0.2) is 31.3 Å². The van der Waals surface area contributed by atoms with Gasteiger partial charge in [-0.1, -0.05) is 12.1 Å². The van der Waals surface area contributed by atoms with Crippen molar-refractivity contribution in [3.63, 3.8) is 0 Å². The molecule has 19 heavy (non-hydrogen) atoms. The Hall–Kier alpha value is -1.55. The highest BCUT2D eigenvalue weighted by atomic mass is 16.5. The Kier molecular flexibility index (Phi) is 4.43. The number of carbonyl (C=O) groups excluding carboxylic acids is 1. The van der Waals surface area contributed by atoms with Crippen molar-refractivity contribution in [3.05, 3.63) is 24.3 Å². The fourth-order valence-electron chi connectivity index (χ4n) is 2.62. The Morgan fingerprint density at radius 2 is 1.89 bits per heavy atom. The van der Waals surface area contributed by atoms with Crippen molar-refractivity contribution in [1.82, 2.24) is 0 Å². The van der Waals surface area contributed by atoms with E-state index in [1.54, 1.807) is 19.1 Å². The largest absolute Gasteiger partial charge is 0.495 e. The van der Waals surface area contributed by atoms with Crippen LogP contribution in [0.2, 0.25) is 0 Å². The number of ether oxygens (including phenoxy) is 1. The second-order valence-electron chi connectivity index (χ2n) is 5.07. The van der Waals surface area contributed by atoms with Gasteiger partial charge in [-0.25, -0.2) is 0 Å². The van der Waals surface area contributed by atoms with E-state index in [1.807, 2.05) is 24.3 Å². The van der Waals surface area contributed by atoms with Crippen molar-refractivity contribution in [3.8, 4) is 5.75 Å². The van der Waals surface area contributed by atoms with Gasteiger partial charge in [0.1, 0.15) is 5.75 Å². The Bertz CT molecular complexity index is 439. The number of aliphatic hydroxyl groups excluding tert-OH is 1. The van der Waals surface area contributed by atoms with E-state index in [0.717, 1.165) is 31.4 Å². The summed E-state index contributed by atoms with van der Waals surface area (Å²) < 4.78 is 5.29. The third-order valence-corrected chi connectivity index (χ3v) is 3.82. The summed E-state index contributed by atoms with van der Waals surface area (Å²) in [5.74, 6) is 0.823.